The van der Waals surface area contributed by atoms with Gasteiger partial charge in [-0.25, -0.2) is 0 Å². The molecule has 1 aliphatic heterocycles. The first-order chi connectivity index (χ1) is 13.6. The highest BCUT2D eigenvalue weighted by atomic mass is 35.5. The number of benzene rings is 2. The SMILES string of the molecule is Cc1c(-c2nnc(-c3ccc(OC(C)C)c(C#N)c3)s2)ccc2c1CCNC2.Cl. The number of halogens is 1. The Bertz CT molecular complexity index is 1070. The first kappa shape index (κ1) is 21.3. The summed E-state index contributed by atoms with van der Waals surface area (Å²) in [7, 11) is 0. The second kappa shape index (κ2) is 8.91. The van der Waals surface area contributed by atoms with Crippen LogP contribution in [0.25, 0.3) is 21.1 Å². The molecule has 29 heavy (non-hydrogen) atoms. The van der Waals surface area contributed by atoms with E-state index in [9.17, 15) is 5.26 Å². The fourth-order valence-electron chi connectivity index (χ4n) is 3.55. The normalized spacial score (nSPS) is 12.8. The van der Waals surface area contributed by atoms with E-state index in [-0.39, 0.29) is 18.5 Å². The highest BCUT2D eigenvalue weighted by Gasteiger charge is 2.18. The van der Waals surface area contributed by atoms with Crippen molar-refractivity contribution in [2.45, 2.75) is 39.8 Å². The fourth-order valence-corrected chi connectivity index (χ4v) is 4.47. The van der Waals surface area contributed by atoms with Crippen molar-refractivity contribution in [1.29, 1.82) is 5.26 Å². The molecule has 0 fully saturated rings. The second-order valence-corrected chi connectivity index (χ2v) is 8.18. The number of ether oxygens (including phenoxy) is 1. The average Bonchev–Trinajstić information content (AvgIpc) is 3.18. The van der Waals surface area contributed by atoms with Gasteiger partial charge < -0.3 is 10.1 Å². The number of nitriles is 1. The number of hydrogen-bond acceptors (Lipinski definition) is 6. The minimum absolute atomic E-state index is 0. The predicted molar refractivity (Wildman–Crippen MR) is 119 cm³/mol. The largest absolute Gasteiger partial charge is 0.490 e. The van der Waals surface area contributed by atoms with E-state index in [1.54, 1.807) is 11.3 Å². The Morgan fingerprint density at radius 3 is 2.72 bits per heavy atom. The highest BCUT2D eigenvalue weighted by Crippen LogP contribution is 2.35. The van der Waals surface area contributed by atoms with Crippen LogP contribution in [-0.4, -0.2) is 22.8 Å². The molecule has 0 unspecified atom stereocenters. The average molecular weight is 427 g/mol. The minimum Gasteiger partial charge on any atom is -0.490 e. The van der Waals surface area contributed by atoms with E-state index in [1.807, 2.05) is 32.0 Å². The van der Waals surface area contributed by atoms with Crippen LogP contribution in [0.2, 0.25) is 0 Å². The lowest BCUT2D eigenvalue weighted by atomic mass is 9.93. The maximum absolute atomic E-state index is 9.47. The summed E-state index contributed by atoms with van der Waals surface area (Å²) in [5.74, 6) is 0.602. The molecule has 0 atom stereocenters. The molecule has 0 amide bonds. The summed E-state index contributed by atoms with van der Waals surface area (Å²) in [6, 6.07) is 12.2. The van der Waals surface area contributed by atoms with Gasteiger partial charge in [-0.3, -0.25) is 0 Å². The molecule has 5 nitrogen and oxygen atoms in total. The van der Waals surface area contributed by atoms with Crippen LogP contribution in [0.1, 0.15) is 36.1 Å². The summed E-state index contributed by atoms with van der Waals surface area (Å²) in [6.45, 7) is 8.01. The zero-order chi connectivity index (χ0) is 19.7. The quantitative estimate of drug-likeness (QED) is 0.641. The molecule has 4 rings (SSSR count). The minimum atomic E-state index is 0. The van der Waals surface area contributed by atoms with Crippen LogP contribution < -0.4 is 10.1 Å². The van der Waals surface area contributed by atoms with Gasteiger partial charge in [-0.2, -0.15) is 5.26 Å². The molecule has 0 bridgehead atoms. The van der Waals surface area contributed by atoms with Gasteiger partial charge in [0.15, 0.2) is 0 Å². The number of nitrogens with zero attached hydrogens (tertiary/aromatic N) is 3. The standard InChI is InChI=1S/C22H22N4OS.ClH/c1-13(2)27-20-7-5-15(10-17(20)11-23)21-25-26-22(28-21)19-6-4-16-12-24-9-8-18(16)14(19)3;/h4-7,10,13,24H,8-9,12H2,1-3H3;1H. The molecular weight excluding hydrogens is 404 g/mol. The third-order valence-electron chi connectivity index (χ3n) is 4.93. The molecule has 0 aliphatic carbocycles. The zero-order valence-corrected chi connectivity index (χ0v) is 18.3. The van der Waals surface area contributed by atoms with E-state index >= 15 is 0 Å². The Kier molecular flexibility index (Phi) is 6.53. The van der Waals surface area contributed by atoms with Crippen LogP contribution in [0, 0.1) is 18.3 Å². The molecule has 1 aromatic heterocycles. The molecule has 3 aromatic rings. The van der Waals surface area contributed by atoms with Crippen LogP contribution in [0.3, 0.4) is 0 Å². The Balaban J connectivity index is 0.00000240. The molecule has 150 valence electrons. The van der Waals surface area contributed by atoms with Crippen LogP contribution in [0.15, 0.2) is 30.3 Å². The van der Waals surface area contributed by atoms with E-state index in [1.165, 1.54) is 16.7 Å². The topological polar surface area (TPSA) is 70.8 Å². The third kappa shape index (κ3) is 4.27. The first-order valence-electron chi connectivity index (χ1n) is 9.44. The van der Waals surface area contributed by atoms with Crippen molar-refractivity contribution in [3.8, 4) is 33.0 Å². The van der Waals surface area contributed by atoms with Gasteiger partial charge in [0.05, 0.1) is 11.7 Å². The van der Waals surface area contributed by atoms with E-state index in [2.05, 4.69) is 40.6 Å². The number of nitrogens with one attached hydrogen (secondary N) is 1. The number of aromatic nitrogens is 2. The van der Waals surface area contributed by atoms with Crippen molar-refractivity contribution in [2.24, 2.45) is 0 Å². The fraction of sp³-hybridized carbons (Fsp3) is 0.318. The van der Waals surface area contributed by atoms with Crippen LogP contribution in [0.5, 0.6) is 5.75 Å². The molecule has 0 spiro atoms. The van der Waals surface area contributed by atoms with E-state index < -0.39 is 0 Å². The van der Waals surface area contributed by atoms with Crippen molar-refractivity contribution in [3.05, 3.63) is 52.6 Å². The lowest BCUT2D eigenvalue weighted by molar-refractivity contribution is 0.242. The number of hydrogen-bond donors (Lipinski definition) is 1. The lowest BCUT2D eigenvalue weighted by Crippen LogP contribution is -2.24. The maximum Gasteiger partial charge on any atom is 0.148 e. The molecule has 1 N–H and O–H groups in total. The second-order valence-electron chi connectivity index (χ2n) is 7.20. The maximum atomic E-state index is 9.47. The van der Waals surface area contributed by atoms with E-state index in [0.717, 1.165) is 40.7 Å². The van der Waals surface area contributed by atoms with Crippen molar-refractivity contribution in [2.75, 3.05) is 6.54 Å². The van der Waals surface area contributed by atoms with E-state index in [0.29, 0.717) is 11.3 Å². The Labute approximate surface area is 181 Å². The van der Waals surface area contributed by atoms with Crippen molar-refractivity contribution < 1.29 is 4.74 Å². The van der Waals surface area contributed by atoms with Gasteiger partial charge in [-0.15, -0.1) is 22.6 Å². The summed E-state index contributed by atoms with van der Waals surface area (Å²) in [4.78, 5) is 0. The Hall–Kier alpha value is -2.46. The van der Waals surface area contributed by atoms with Gasteiger partial charge in [-0.1, -0.05) is 23.5 Å². The molecule has 2 aromatic carbocycles. The van der Waals surface area contributed by atoms with Gasteiger partial charge in [0.1, 0.15) is 21.8 Å². The monoisotopic (exact) mass is 426 g/mol. The van der Waals surface area contributed by atoms with Crippen molar-refractivity contribution in [1.82, 2.24) is 15.5 Å². The zero-order valence-electron chi connectivity index (χ0n) is 16.7. The smallest absolute Gasteiger partial charge is 0.148 e. The summed E-state index contributed by atoms with van der Waals surface area (Å²) >= 11 is 1.55. The summed E-state index contributed by atoms with van der Waals surface area (Å²) in [5, 5.41) is 23.4. The van der Waals surface area contributed by atoms with Gasteiger partial charge in [0.2, 0.25) is 0 Å². The predicted octanol–water partition coefficient (Wildman–Crippen LogP) is 4.91. The lowest BCUT2D eigenvalue weighted by Gasteiger charge is -2.20. The van der Waals surface area contributed by atoms with Gasteiger partial charge in [0.25, 0.3) is 0 Å². The van der Waals surface area contributed by atoms with E-state index in [4.69, 9.17) is 4.74 Å². The van der Waals surface area contributed by atoms with Gasteiger partial charge >= 0.3 is 0 Å². The van der Waals surface area contributed by atoms with Gasteiger partial charge in [0, 0.05) is 17.7 Å². The molecule has 0 saturated heterocycles. The van der Waals surface area contributed by atoms with Crippen molar-refractivity contribution in [3.63, 3.8) is 0 Å². The van der Waals surface area contributed by atoms with Crippen LogP contribution >= 0.6 is 23.7 Å². The molecule has 1 aliphatic rings. The summed E-state index contributed by atoms with van der Waals surface area (Å²) in [6.07, 6.45) is 1.07. The van der Waals surface area contributed by atoms with Crippen molar-refractivity contribution >= 4 is 23.7 Å². The highest BCUT2D eigenvalue weighted by molar-refractivity contribution is 7.17. The molecule has 2 heterocycles. The molecule has 0 saturated carbocycles. The number of rotatable bonds is 4. The Morgan fingerprint density at radius 2 is 1.97 bits per heavy atom. The van der Waals surface area contributed by atoms with Crippen LogP contribution in [-0.2, 0) is 13.0 Å². The molecule has 7 heteroatoms. The summed E-state index contributed by atoms with van der Waals surface area (Å²) < 4.78 is 5.71. The molecular formula is C22H23ClN4OS. The number of fused-ring (bicyclic) bond motifs is 1. The summed E-state index contributed by atoms with van der Waals surface area (Å²) in [5.41, 5.74) is 6.63. The first-order valence-corrected chi connectivity index (χ1v) is 10.3. The van der Waals surface area contributed by atoms with Gasteiger partial charge in [-0.05, 0) is 68.6 Å². The molecule has 0 radical (unpaired) electrons. The Morgan fingerprint density at radius 1 is 1.17 bits per heavy atom. The van der Waals surface area contributed by atoms with Crippen LogP contribution in [0.4, 0.5) is 0 Å². The third-order valence-corrected chi connectivity index (χ3v) is 5.93.